The number of esters is 1. The Balaban J connectivity index is 1.70. The first-order valence-electron chi connectivity index (χ1n) is 6.18. The van der Waals surface area contributed by atoms with E-state index in [0.717, 1.165) is 6.42 Å². The smallest absolute Gasteiger partial charge is 0.334 e. The number of nitrogens with zero attached hydrogens (tertiary/aromatic N) is 1. The van der Waals surface area contributed by atoms with Crippen LogP contribution in [0.3, 0.4) is 0 Å². The van der Waals surface area contributed by atoms with Gasteiger partial charge in [0.05, 0.1) is 0 Å². The number of rotatable bonds is 2. The highest BCUT2D eigenvalue weighted by Gasteiger charge is 2.42. The highest BCUT2D eigenvalue weighted by Crippen LogP contribution is 2.25. The van der Waals surface area contributed by atoms with Gasteiger partial charge in [-0.15, -0.1) is 0 Å². The number of carbonyl (C=O) groups excluding carboxylic acids is 2. The van der Waals surface area contributed by atoms with Crippen molar-refractivity contribution in [3.8, 4) is 5.75 Å². The lowest BCUT2D eigenvalue weighted by Crippen LogP contribution is -2.46. The van der Waals surface area contributed by atoms with Gasteiger partial charge in [-0.2, -0.15) is 0 Å². The number of hydrogen-bond donors (Lipinski definition) is 1. The zero-order chi connectivity index (χ0) is 13.4. The normalized spacial score (nSPS) is 25.1. The van der Waals surface area contributed by atoms with E-state index in [1.165, 1.54) is 0 Å². The average molecular weight is 281 g/mol. The van der Waals surface area contributed by atoms with Gasteiger partial charge in [-0.3, -0.25) is 0 Å². The molecule has 2 saturated heterocycles. The van der Waals surface area contributed by atoms with Crippen LogP contribution in [0.25, 0.3) is 0 Å². The summed E-state index contributed by atoms with van der Waals surface area (Å²) in [5.41, 5.74) is 0. The maximum atomic E-state index is 12.1. The summed E-state index contributed by atoms with van der Waals surface area (Å²) in [5, 5.41) is 3.42. The zero-order valence-electron chi connectivity index (χ0n) is 10.1. The van der Waals surface area contributed by atoms with Gasteiger partial charge in [0.1, 0.15) is 11.8 Å². The number of carbonyl (C=O) groups is 2. The molecule has 2 heterocycles. The molecule has 2 fully saturated rings. The highest BCUT2D eigenvalue weighted by molar-refractivity contribution is 6.30. The quantitative estimate of drug-likeness (QED) is 0.664. The number of piperidine rings is 1. The van der Waals surface area contributed by atoms with Crippen LogP contribution < -0.4 is 10.1 Å². The molecule has 0 radical (unpaired) electrons. The van der Waals surface area contributed by atoms with Gasteiger partial charge < -0.3 is 15.0 Å². The van der Waals surface area contributed by atoms with Gasteiger partial charge in [-0.1, -0.05) is 11.6 Å². The summed E-state index contributed by atoms with van der Waals surface area (Å²) in [4.78, 5) is 25.3. The van der Waals surface area contributed by atoms with E-state index in [1.807, 2.05) is 0 Å². The highest BCUT2D eigenvalue weighted by atomic mass is 35.5. The summed E-state index contributed by atoms with van der Waals surface area (Å²) >= 11 is 5.77. The van der Waals surface area contributed by atoms with E-state index in [9.17, 15) is 9.59 Å². The zero-order valence-corrected chi connectivity index (χ0v) is 10.9. The Hall–Kier alpha value is -1.75. The lowest BCUT2D eigenvalue weighted by molar-refractivity contribution is -0.140. The van der Waals surface area contributed by atoms with Crippen molar-refractivity contribution in [1.82, 2.24) is 10.2 Å². The Bertz CT molecular complexity index is 517. The Labute approximate surface area is 115 Å². The van der Waals surface area contributed by atoms with Crippen LogP contribution >= 0.6 is 11.6 Å². The third-order valence-corrected chi connectivity index (χ3v) is 3.73. The van der Waals surface area contributed by atoms with Crippen molar-refractivity contribution >= 4 is 23.6 Å². The molecule has 2 aliphatic heterocycles. The number of hydrogen-bond acceptors (Lipinski definition) is 3. The van der Waals surface area contributed by atoms with Crippen LogP contribution in [-0.2, 0) is 4.79 Å². The summed E-state index contributed by atoms with van der Waals surface area (Å²) in [6.07, 6.45) is 1.44. The minimum atomic E-state index is -0.491. The van der Waals surface area contributed by atoms with Crippen LogP contribution in [0.15, 0.2) is 24.3 Å². The van der Waals surface area contributed by atoms with E-state index < -0.39 is 12.0 Å². The van der Waals surface area contributed by atoms with Crippen molar-refractivity contribution < 1.29 is 14.3 Å². The largest absolute Gasteiger partial charge is 0.425 e. The van der Waals surface area contributed by atoms with E-state index in [1.54, 1.807) is 29.2 Å². The Kier molecular flexibility index (Phi) is 3.06. The molecule has 0 aliphatic carbocycles. The first kappa shape index (κ1) is 12.3. The van der Waals surface area contributed by atoms with Gasteiger partial charge in [-0.05, 0) is 37.1 Å². The number of amides is 2. The summed E-state index contributed by atoms with van der Waals surface area (Å²) in [6, 6.07) is 6.08. The lowest BCUT2D eigenvalue weighted by atomic mass is 10.0. The van der Waals surface area contributed by atoms with Crippen molar-refractivity contribution in [2.45, 2.75) is 24.9 Å². The van der Waals surface area contributed by atoms with Crippen LogP contribution in [0.4, 0.5) is 4.79 Å². The number of benzene rings is 1. The third kappa shape index (κ3) is 2.38. The number of ether oxygens (including phenoxy) is 1. The maximum absolute atomic E-state index is 12.1. The first-order chi connectivity index (χ1) is 9.13. The van der Waals surface area contributed by atoms with Crippen molar-refractivity contribution in [3.05, 3.63) is 29.3 Å². The molecule has 0 saturated carbocycles. The summed E-state index contributed by atoms with van der Waals surface area (Å²) in [6.45, 7) is 0.583. The standard InChI is InChI=1S/C13H13ClN2O3/c14-8-1-4-10(5-2-8)19-12(17)11-6-3-9-7-16(11)13(18)15-9/h1-2,4-5,9,11H,3,6-7H2,(H,15,18)/t9?,11-/m0/s1. The minimum Gasteiger partial charge on any atom is -0.425 e. The monoisotopic (exact) mass is 280 g/mol. The van der Waals surface area contributed by atoms with Crippen molar-refractivity contribution in [2.75, 3.05) is 6.54 Å². The second-order valence-electron chi connectivity index (χ2n) is 4.77. The summed E-state index contributed by atoms with van der Waals surface area (Å²) < 4.78 is 5.29. The molecule has 100 valence electrons. The van der Waals surface area contributed by atoms with Crippen LogP contribution in [0.1, 0.15) is 12.8 Å². The van der Waals surface area contributed by atoms with Crippen molar-refractivity contribution in [1.29, 1.82) is 0 Å². The molecule has 6 heteroatoms. The van der Waals surface area contributed by atoms with Gasteiger partial charge in [0.15, 0.2) is 0 Å². The van der Waals surface area contributed by atoms with Crippen molar-refractivity contribution in [3.63, 3.8) is 0 Å². The van der Waals surface area contributed by atoms with Crippen LogP contribution in [0.5, 0.6) is 5.75 Å². The van der Waals surface area contributed by atoms with Gasteiger partial charge in [0.2, 0.25) is 0 Å². The molecule has 1 aromatic carbocycles. The third-order valence-electron chi connectivity index (χ3n) is 3.47. The fourth-order valence-corrected chi connectivity index (χ4v) is 2.63. The SMILES string of the molecule is O=C(Oc1ccc(Cl)cc1)[C@@H]1CCC2CN1C(=O)N2. The first-order valence-corrected chi connectivity index (χ1v) is 6.55. The number of nitrogens with one attached hydrogen (secondary N) is 1. The van der Waals surface area contributed by atoms with Gasteiger partial charge in [0.25, 0.3) is 0 Å². The Morgan fingerprint density at radius 3 is 2.79 bits per heavy atom. The van der Waals surface area contributed by atoms with Gasteiger partial charge >= 0.3 is 12.0 Å². The Morgan fingerprint density at radius 2 is 2.05 bits per heavy atom. The molecule has 2 amide bonds. The number of fused-ring (bicyclic) bond motifs is 2. The van der Waals surface area contributed by atoms with Gasteiger partial charge in [0, 0.05) is 17.6 Å². The fraction of sp³-hybridized carbons (Fsp3) is 0.385. The molecule has 1 aromatic rings. The molecule has 19 heavy (non-hydrogen) atoms. The molecule has 0 spiro atoms. The molecule has 2 bridgehead atoms. The van der Waals surface area contributed by atoms with E-state index in [0.29, 0.717) is 23.7 Å². The molecule has 2 atom stereocenters. The maximum Gasteiger partial charge on any atom is 0.334 e. The summed E-state index contributed by atoms with van der Waals surface area (Å²) in [5.74, 6) is 0.0500. The fourth-order valence-electron chi connectivity index (χ4n) is 2.50. The minimum absolute atomic E-state index is 0.173. The second-order valence-corrected chi connectivity index (χ2v) is 5.20. The van der Waals surface area contributed by atoms with Crippen molar-refractivity contribution in [2.24, 2.45) is 0 Å². The average Bonchev–Trinajstić information content (AvgIpc) is 2.68. The molecular formula is C13H13ClN2O3. The van der Waals surface area contributed by atoms with E-state index in [-0.39, 0.29) is 12.1 Å². The number of halogens is 1. The van der Waals surface area contributed by atoms with Crippen LogP contribution in [-0.4, -0.2) is 35.5 Å². The molecule has 0 aromatic heterocycles. The predicted octanol–water partition coefficient (Wildman–Crippen LogP) is 1.80. The topological polar surface area (TPSA) is 58.6 Å². The lowest BCUT2D eigenvalue weighted by Gasteiger charge is -2.28. The van der Waals surface area contributed by atoms with E-state index in [2.05, 4.69) is 5.32 Å². The van der Waals surface area contributed by atoms with E-state index in [4.69, 9.17) is 16.3 Å². The molecule has 3 rings (SSSR count). The predicted molar refractivity (Wildman–Crippen MR) is 69.1 cm³/mol. The molecule has 5 nitrogen and oxygen atoms in total. The van der Waals surface area contributed by atoms with Gasteiger partial charge in [-0.25, -0.2) is 9.59 Å². The number of urea groups is 1. The molecule has 1 N–H and O–H groups in total. The van der Waals surface area contributed by atoms with Crippen LogP contribution in [0, 0.1) is 0 Å². The summed E-state index contributed by atoms with van der Waals surface area (Å²) in [7, 11) is 0. The Morgan fingerprint density at radius 1 is 1.32 bits per heavy atom. The second kappa shape index (κ2) is 4.74. The molecular weight excluding hydrogens is 268 g/mol. The van der Waals surface area contributed by atoms with E-state index >= 15 is 0 Å². The molecule has 2 aliphatic rings. The van der Waals surface area contributed by atoms with Crippen LogP contribution in [0.2, 0.25) is 5.02 Å². The molecule has 1 unspecified atom stereocenters.